The van der Waals surface area contributed by atoms with E-state index in [9.17, 15) is 4.39 Å². The number of rotatable bonds is 7. The van der Waals surface area contributed by atoms with Crippen LogP contribution < -0.4 is 5.32 Å². The Morgan fingerprint density at radius 3 is 2.91 bits per heavy atom. The Morgan fingerprint density at radius 2 is 2.09 bits per heavy atom. The first-order valence-electron chi connectivity index (χ1n) is 7.90. The lowest BCUT2D eigenvalue weighted by molar-refractivity contribution is 0.0374. The molecule has 0 spiro atoms. The maximum absolute atomic E-state index is 13.2. The minimum Gasteiger partial charge on any atom is -0.419 e. The number of morpholine rings is 1. The van der Waals surface area contributed by atoms with Crippen molar-refractivity contribution < 1.29 is 13.5 Å². The lowest BCUT2D eigenvalue weighted by atomic mass is 10.2. The maximum Gasteiger partial charge on any atom is 0.247 e. The average Bonchev–Trinajstić information content (AvgIpc) is 3.04. The molecule has 0 aliphatic carbocycles. The topological polar surface area (TPSA) is 63.4 Å². The number of hydrogen-bond acceptors (Lipinski definition) is 6. The van der Waals surface area contributed by atoms with E-state index in [0.29, 0.717) is 23.9 Å². The van der Waals surface area contributed by atoms with Crippen molar-refractivity contribution in [2.75, 3.05) is 39.4 Å². The Hall–Kier alpha value is -1.83. The predicted octanol–water partition coefficient (Wildman–Crippen LogP) is 1.69. The number of aromatic nitrogens is 2. The van der Waals surface area contributed by atoms with E-state index in [4.69, 9.17) is 9.15 Å². The zero-order chi connectivity index (χ0) is 15.9. The quantitative estimate of drug-likeness (QED) is 0.783. The van der Waals surface area contributed by atoms with E-state index in [1.807, 2.05) is 0 Å². The molecule has 124 valence electrons. The molecule has 0 radical (unpaired) electrons. The molecular formula is C16H21FN4O2. The van der Waals surface area contributed by atoms with Gasteiger partial charge in [-0.25, -0.2) is 4.39 Å². The molecule has 1 N–H and O–H groups in total. The summed E-state index contributed by atoms with van der Waals surface area (Å²) in [5.74, 6) is 0.536. The summed E-state index contributed by atoms with van der Waals surface area (Å²) in [7, 11) is 0. The summed E-state index contributed by atoms with van der Waals surface area (Å²) in [6.45, 7) is 6.16. The molecule has 0 saturated carbocycles. The van der Waals surface area contributed by atoms with E-state index in [-0.39, 0.29) is 5.82 Å². The third kappa shape index (κ3) is 4.82. The van der Waals surface area contributed by atoms with E-state index >= 15 is 0 Å². The van der Waals surface area contributed by atoms with Gasteiger partial charge >= 0.3 is 0 Å². The number of nitrogens with one attached hydrogen (secondary N) is 1. The van der Waals surface area contributed by atoms with Crippen LogP contribution in [-0.4, -0.2) is 54.5 Å². The minimum atomic E-state index is -0.316. The molecule has 7 heteroatoms. The van der Waals surface area contributed by atoms with E-state index in [1.165, 1.54) is 12.1 Å². The van der Waals surface area contributed by atoms with E-state index in [2.05, 4.69) is 20.4 Å². The predicted molar refractivity (Wildman–Crippen MR) is 83.3 cm³/mol. The zero-order valence-corrected chi connectivity index (χ0v) is 13.0. The van der Waals surface area contributed by atoms with Crippen molar-refractivity contribution >= 4 is 0 Å². The van der Waals surface area contributed by atoms with Crippen LogP contribution in [0.25, 0.3) is 11.5 Å². The van der Waals surface area contributed by atoms with Crippen LogP contribution in [0.1, 0.15) is 12.3 Å². The molecule has 23 heavy (non-hydrogen) atoms. The monoisotopic (exact) mass is 320 g/mol. The molecule has 1 aliphatic rings. The highest BCUT2D eigenvalue weighted by Crippen LogP contribution is 2.18. The Bertz CT molecular complexity index is 614. The van der Waals surface area contributed by atoms with Gasteiger partial charge in [-0.05, 0) is 37.7 Å². The molecule has 1 aliphatic heterocycles. The Morgan fingerprint density at radius 1 is 1.22 bits per heavy atom. The average molecular weight is 320 g/mol. The summed E-state index contributed by atoms with van der Waals surface area (Å²) in [4.78, 5) is 2.40. The summed E-state index contributed by atoms with van der Waals surface area (Å²) in [6, 6.07) is 6.14. The van der Waals surface area contributed by atoms with Gasteiger partial charge in [0, 0.05) is 18.7 Å². The van der Waals surface area contributed by atoms with Gasteiger partial charge < -0.3 is 14.5 Å². The van der Waals surface area contributed by atoms with Crippen LogP contribution in [-0.2, 0) is 11.3 Å². The first-order valence-corrected chi connectivity index (χ1v) is 7.90. The number of nitrogens with zero attached hydrogens (tertiary/aromatic N) is 3. The van der Waals surface area contributed by atoms with Crippen molar-refractivity contribution in [3.63, 3.8) is 0 Å². The van der Waals surface area contributed by atoms with Crippen LogP contribution in [0.3, 0.4) is 0 Å². The van der Waals surface area contributed by atoms with Crippen LogP contribution in [0, 0.1) is 5.82 Å². The summed E-state index contributed by atoms with van der Waals surface area (Å²) in [5.41, 5.74) is 0.594. The van der Waals surface area contributed by atoms with Gasteiger partial charge in [0.1, 0.15) is 5.82 Å². The third-order valence-electron chi connectivity index (χ3n) is 3.75. The summed E-state index contributed by atoms with van der Waals surface area (Å²) in [6.07, 6.45) is 1.06. The highest BCUT2D eigenvalue weighted by Gasteiger charge is 2.10. The van der Waals surface area contributed by atoms with E-state index < -0.39 is 0 Å². The van der Waals surface area contributed by atoms with Crippen LogP contribution in [0.2, 0.25) is 0 Å². The number of halogens is 1. The molecule has 1 saturated heterocycles. The molecule has 2 heterocycles. The summed E-state index contributed by atoms with van der Waals surface area (Å²) < 4.78 is 24.1. The number of ether oxygens (including phenoxy) is 1. The lowest BCUT2D eigenvalue weighted by Crippen LogP contribution is -2.37. The van der Waals surface area contributed by atoms with Crippen LogP contribution in [0.15, 0.2) is 28.7 Å². The van der Waals surface area contributed by atoms with Gasteiger partial charge in [0.05, 0.1) is 19.8 Å². The van der Waals surface area contributed by atoms with Gasteiger partial charge in [-0.3, -0.25) is 4.90 Å². The second kappa shape index (κ2) is 8.14. The zero-order valence-electron chi connectivity index (χ0n) is 13.0. The molecule has 0 unspecified atom stereocenters. The number of benzene rings is 1. The van der Waals surface area contributed by atoms with Gasteiger partial charge in [-0.15, -0.1) is 10.2 Å². The molecule has 1 aromatic heterocycles. The molecule has 1 fully saturated rings. The Labute approximate surface area is 134 Å². The maximum atomic E-state index is 13.2. The molecule has 2 aromatic rings. The normalized spacial score (nSPS) is 15.9. The molecule has 0 atom stereocenters. The molecule has 1 aromatic carbocycles. The van der Waals surface area contributed by atoms with Crippen molar-refractivity contribution in [3.05, 3.63) is 36.0 Å². The van der Waals surface area contributed by atoms with Crippen molar-refractivity contribution in [3.8, 4) is 11.5 Å². The van der Waals surface area contributed by atoms with Crippen LogP contribution >= 0.6 is 0 Å². The molecular weight excluding hydrogens is 299 g/mol. The SMILES string of the molecule is Fc1cccc(-c2nnc(CNCCCN3CCOCC3)o2)c1. The van der Waals surface area contributed by atoms with Crippen molar-refractivity contribution in [1.82, 2.24) is 20.4 Å². The highest BCUT2D eigenvalue weighted by atomic mass is 19.1. The van der Waals surface area contributed by atoms with Gasteiger partial charge in [-0.2, -0.15) is 0 Å². The molecule has 0 bridgehead atoms. The largest absolute Gasteiger partial charge is 0.419 e. The molecule has 6 nitrogen and oxygen atoms in total. The van der Waals surface area contributed by atoms with E-state index in [0.717, 1.165) is 45.8 Å². The second-order valence-electron chi connectivity index (χ2n) is 5.50. The fourth-order valence-electron chi connectivity index (χ4n) is 2.51. The first-order chi connectivity index (χ1) is 11.3. The van der Waals surface area contributed by atoms with Gasteiger partial charge in [-0.1, -0.05) is 6.07 Å². The van der Waals surface area contributed by atoms with E-state index in [1.54, 1.807) is 12.1 Å². The lowest BCUT2D eigenvalue weighted by Gasteiger charge is -2.26. The third-order valence-corrected chi connectivity index (χ3v) is 3.75. The standard InChI is InChI=1S/C16H21FN4O2/c17-14-4-1-3-13(11-14)16-20-19-15(23-16)12-18-5-2-6-21-7-9-22-10-8-21/h1,3-4,11,18H,2,5-10,12H2. The minimum absolute atomic E-state index is 0.316. The van der Waals surface area contributed by atoms with Gasteiger partial charge in [0.2, 0.25) is 11.8 Å². The number of hydrogen-bond donors (Lipinski definition) is 1. The van der Waals surface area contributed by atoms with Gasteiger partial charge in [0.15, 0.2) is 0 Å². The molecule has 3 rings (SSSR count). The fraction of sp³-hybridized carbons (Fsp3) is 0.500. The summed E-state index contributed by atoms with van der Waals surface area (Å²) in [5, 5.41) is 11.2. The van der Waals surface area contributed by atoms with Crippen LogP contribution in [0.5, 0.6) is 0 Å². The van der Waals surface area contributed by atoms with Crippen molar-refractivity contribution in [2.24, 2.45) is 0 Å². The highest BCUT2D eigenvalue weighted by molar-refractivity contribution is 5.52. The summed E-state index contributed by atoms with van der Waals surface area (Å²) >= 11 is 0. The van der Waals surface area contributed by atoms with Crippen molar-refractivity contribution in [1.29, 1.82) is 0 Å². The first kappa shape index (κ1) is 16.0. The van der Waals surface area contributed by atoms with Crippen molar-refractivity contribution in [2.45, 2.75) is 13.0 Å². The smallest absolute Gasteiger partial charge is 0.247 e. The molecule has 0 amide bonds. The Balaban J connectivity index is 1.39. The fourth-order valence-corrected chi connectivity index (χ4v) is 2.51. The van der Waals surface area contributed by atoms with Crippen LogP contribution in [0.4, 0.5) is 4.39 Å². The second-order valence-corrected chi connectivity index (χ2v) is 5.50. The Kier molecular flexibility index (Phi) is 5.68. The van der Waals surface area contributed by atoms with Gasteiger partial charge in [0.25, 0.3) is 0 Å².